The van der Waals surface area contributed by atoms with Crippen LogP contribution in [0.5, 0.6) is 0 Å². The topological polar surface area (TPSA) is 67.1 Å². The van der Waals surface area contributed by atoms with E-state index in [2.05, 4.69) is 32.3 Å². The number of nitrogen functional groups attached to an aromatic ring is 1. The molecule has 0 radical (unpaired) electrons. The molecule has 20 heavy (non-hydrogen) atoms. The number of hydrogen-bond donors (Lipinski definition) is 2. The molecule has 1 fully saturated rings. The van der Waals surface area contributed by atoms with Gasteiger partial charge in [-0.15, -0.1) is 0 Å². The van der Waals surface area contributed by atoms with E-state index in [-0.39, 0.29) is 0 Å². The maximum atomic E-state index is 6.20. The van der Waals surface area contributed by atoms with Gasteiger partial charge in [-0.05, 0) is 18.4 Å². The minimum atomic E-state index is 0.644. The molecule has 2 heterocycles. The fourth-order valence-corrected chi connectivity index (χ4v) is 2.49. The summed E-state index contributed by atoms with van der Waals surface area (Å²) in [6.07, 6.45) is 3.99. The van der Waals surface area contributed by atoms with Gasteiger partial charge in [0.15, 0.2) is 11.6 Å². The van der Waals surface area contributed by atoms with Crippen LogP contribution in [0.25, 0.3) is 0 Å². The Kier molecular flexibility index (Phi) is 3.67. The lowest BCUT2D eigenvalue weighted by Gasteiger charge is -2.19. The van der Waals surface area contributed by atoms with Crippen molar-refractivity contribution in [2.24, 2.45) is 0 Å². The normalized spacial score (nSPS) is 14.5. The fourth-order valence-electron chi connectivity index (χ4n) is 2.49. The highest BCUT2D eigenvalue weighted by molar-refractivity contribution is 5.75. The zero-order valence-corrected chi connectivity index (χ0v) is 11.4. The molecule has 1 aliphatic heterocycles. The van der Waals surface area contributed by atoms with Gasteiger partial charge in [0.1, 0.15) is 12.0 Å². The Morgan fingerprint density at radius 2 is 1.85 bits per heavy atom. The van der Waals surface area contributed by atoms with Crippen LogP contribution in [0.3, 0.4) is 0 Å². The monoisotopic (exact) mass is 269 g/mol. The smallest absolute Gasteiger partial charge is 0.157 e. The van der Waals surface area contributed by atoms with Crippen molar-refractivity contribution in [1.29, 1.82) is 0 Å². The molecule has 0 spiro atoms. The van der Waals surface area contributed by atoms with Gasteiger partial charge in [0.25, 0.3) is 0 Å². The number of rotatable bonds is 4. The Labute approximate surface area is 118 Å². The molecule has 0 atom stereocenters. The van der Waals surface area contributed by atoms with Crippen LogP contribution in [0.1, 0.15) is 18.4 Å². The molecule has 0 aliphatic carbocycles. The summed E-state index contributed by atoms with van der Waals surface area (Å²) in [4.78, 5) is 10.8. The van der Waals surface area contributed by atoms with E-state index >= 15 is 0 Å². The van der Waals surface area contributed by atoms with Crippen molar-refractivity contribution in [3.8, 4) is 0 Å². The number of nitrogens with zero attached hydrogens (tertiary/aromatic N) is 3. The van der Waals surface area contributed by atoms with E-state index in [1.165, 1.54) is 18.4 Å². The van der Waals surface area contributed by atoms with Gasteiger partial charge in [-0.3, -0.25) is 0 Å². The molecule has 1 aliphatic rings. The SMILES string of the molecule is Nc1c(NCc2ccccc2)ncnc1N1CCCC1. The maximum Gasteiger partial charge on any atom is 0.157 e. The van der Waals surface area contributed by atoms with Gasteiger partial charge in [0.2, 0.25) is 0 Å². The van der Waals surface area contributed by atoms with Gasteiger partial charge in [0.05, 0.1) is 0 Å². The van der Waals surface area contributed by atoms with Crippen LogP contribution >= 0.6 is 0 Å². The minimum absolute atomic E-state index is 0.644. The zero-order valence-electron chi connectivity index (χ0n) is 11.4. The molecule has 3 N–H and O–H groups in total. The largest absolute Gasteiger partial charge is 0.393 e. The zero-order chi connectivity index (χ0) is 13.8. The van der Waals surface area contributed by atoms with Gasteiger partial charge in [-0.2, -0.15) is 0 Å². The molecule has 0 unspecified atom stereocenters. The number of hydrogen-bond acceptors (Lipinski definition) is 5. The predicted molar refractivity (Wildman–Crippen MR) is 81.7 cm³/mol. The quantitative estimate of drug-likeness (QED) is 0.891. The summed E-state index contributed by atoms with van der Waals surface area (Å²) in [5.41, 5.74) is 8.04. The number of nitrogens with two attached hydrogens (primary N) is 1. The van der Waals surface area contributed by atoms with E-state index in [0.717, 1.165) is 18.9 Å². The van der Waals surface area contributed by atoms with Crippen LogP contribution < -0.4 is 16.0 Å². The molecule has 5 heteroatoms. The number of aromatic nitrogens is 2. The summed E-state index contributed by atoms with van der Waals surface area (Å²) in [6.45, 7) is 2.76. The number of anilines is 3. The second-order valence-electron chi connectivity index (χ2n) is 4.99. The van der Waals surface area contributed by atoms with Crippen molar-refractivity contribution in [3.63, 3.8) is 0 Å². The minimum Gasteiger partial charge on any atom is -0.393 e. The summed E-state index contributed by atoms with van der Waals surface area (Å²) < 4.78 is 0. The van der Waals surface area contributed by atoms with E-state index in [4.69, 9.17) is 5.73 Å². The lowest BCUT2D eigenvalue weighted by molar-refractivity contribution is 0.928. The second-order valence-corrected chi connectivity index (χ2v) is 4.99. The average Bonchev–Trinajstić information content (AvgIpc) is 3.01. The highest BCUT2D eigenvalue weighted by Gasteiger charge is 2.18. The Morgan fingerprint density at radius 1 is 1.10 bits per heavy atom. The molecule has 1 aromatic carbocycles. The van der Waals surface area contributed by atoms with Crippen molar-refractivity contribution in [1.82, 2.24) is 9.97 Å². The Hall–Kier alpha value is -2.30. The molecule has 104 valence electrons. The van der Waals surface area contributed by atoms with Crippen molar-refractivity contribution in [2.45, 2.75) is 19.4 Å². The maximum absolute atomic E-state index is 6.20. The summed E-state index contributed by atoms with van der Waals surface area (Å²) in [5.74, 6) is 1.57. The van der Waals surface area contributed by atoms with Gasteiger partial charge in [0, 0.05) is 19.6 Å². The summed E-state index contributed by atoms with van der Waals surface area (Å²) in [7, 11) is 0. The van der Waals surface area contributed by atoms with Crippen molar-refractivity contribution in [3.05, 3.63) is 42.2 Å². The van der Waals surface area contributed by atoms with Crippen molar-refractivity contribution >= 4 is 17.3 Å². The first-order valence-electron chi connectivity index (χ1n) is 6.98. The van der Waals surface area contributed by atoms with Gasteiger partial charge >= 0.3 is 0 Å². The van der Waals surface area contributed by atoms with Crippen molar-refractivity contribution < 1.29 is 0 Å². The molecule has 3 rings (SSSR count). The van der Waals surface area contributed by atoms with Crippen LogP contribution in [0.4, 0.5) is 17.3 Å². The van der Waals surface area contributed by atoms with Gasteiger partial charge < -0.3 is 16.0 Å². The highest BCUT2D eigenvalue weighted by Crippen LogP contribution is 2.28. The average molecular weight is 269 g/mol. The molecule has 1 aromatic heterocycles. The summed E-state index contributed by atoms with van der Waals surface area (Å²) in [5, 5.41) is 3.29. The third-order valence-corrected chi connectivity index (χ3v) is 3.57. The molecular weight excluding hydrogens is 250 g/mol. The van der Waals surface area contributed by atoms with Crippen LogP contribution in [-0.4, -0.2) is 23.1 Å². The molecule has 5 nitrogen and oxygen atoms in total. The lowest BCUT2D eigenvalue weighted by atomic mass is 10.2. The van der Waals surface area contributed by atoms with Crippen LogP contribution in [-0.2, 0) is 6.54 Å². The van der Waals surface area contributed by atoms with E-state index in [9.17, 15) is 0 Å². The third-order valence-electron chi connectivity index (χ3n) is 3.57. The standard InChI is InChI=1S/C15H19N5/c16-13-14(17-10-12-6-2-1-3-7-12)18-11-19-15(13)20-8-4-5-9-20/h1-3,6-7,11H,4-5,8-10,16H2,(H,17,18,19). The van der Waals surface area contributed by atoms with E-state index in [1.807, 2.05) is 18.2 Å². The predicted octanol–water partition coefficient (Wildman–Crippen LogP) is 2.27. The van der Waals surface area contributed by atoms with Crippen molar-refractivity contribution in [2.75, 3.05) is 29.0 Å². The van der Waals surface area contributed by atoms with Crippen LogP contribution in [0.2, 0.25) is 0 Å². The first-order chi connectivity index (χ1) is 9.84. The van der Waals surface area contributed by atoms with E-state index in [1.54, 1.807) is 6.33 Å². The number of nitrogens with one attached hydrogen (secondary N) is 1. The fraction of sp³-hybridized carbons (Fsp3) is 0.333. The molecule has 0 amide bonds. The first-order valence-corrected chi connectivity index (χ1v) is 6.98. The molecule has 0 bridgehead atoms. The third kappa shape index (κ3) is 2.66. The summed E-state index contributed by atoms with van der Waals surface area (Å²) >= 11 is 0. The molecular formula is C15H19N5. The Morgan fingerprint density at radius 3 is 2.60 bits per heavy atom. The van der Waals surface area contributed by atoms with E-state index < -0.39 is 0 Å². The Balaban J connectivity index is 1.75. The molecule has 1 saturated heterocycles. The molecule has 0 saturated carbocycles. The summed E-state index contributed by atoms with van der Waals surface area (Å²) in [6, 6.07) is 10.2. The molecule has 2 aromatic rings. The number of benzene rings is 1. The first kappa shape index (κ1) is 12.7. The van der Waals surface area contributed by atoms with Crippen LogP contribution in [0, 0.1) is 0 Å². The Bertz CT molecular complexity index is 564. The van der Waals surface area contributed by atoms with Gasteiger partial charge in [-0.1, -0.05) is 30.3 Å². The highest BCUT2D eigenvalue weighted by atomic mass is 15.2. The van der Waals surface area contributed by atoms with Crippen LogP contribution in [0.15, 0.2) is 36.7 Å². The second kappa shape index (κ2) is 5.77. The van der Waals surface area contributed by atoms with E-state index in [0.29, 0.717) is 18.1 Å². The van der Waals surface area contributed by atoms with Gasteiger partial charge in [-0.25, -0.2) is 9.97 Å². The lowest BCUT2D eigenvalue weighted by Crippen LogP contribution is -2.21.